The highest BCUT2D eigenvalue weighted by molar-refractivity contribution is 5.96. The predicted octanol–water partition coefficient (Wildman–Crippen LogP) is 2.35. The summed E-state index contributed by atoms with van der Waals surface area (Å²) in [6.07, 6.45) is 1.63. The normalized spacial score (nSPS) is 10.6. The van der Waals surface area contributed by atoms with Gasteiger partial charge in [0.25, 0.3) is 11.5 Å². The zero-order chi connectivity index (χ0) is 17.8. The van der Waals surface area contributed by atoms with Gasteiger partial charge in [0.1, 0.15) is 17.0 Å². The van der Waals surface area contributed by atoms with Crippen LogP contribution in [0.1, 0.15) is 22.8 Å². The Balaban J connectivity index is 1.92. The molecule has 0 spiro atoms. The Hall–Kier alpha value is -3.15. The molecule has 1 aromatic carbocycles. The van der Waals surface area contributed by atoms with Crippen LogP contribution in [0.25, 0.3) is 11.0 Å². The van der Waals surface area contributed by atoms with Gasteiger partial charge in [0.2, 0.25) is 0 Å². The molecule has 3 rings (SSSR count). The molecular weight excluding hydrogens is 318 g/mol. The number of benzene rings is 1. The molecule has 25 heavy (non-hydrogen) atoms. The van der Waals surface area contributed by atoms with Crippen molar-refractivity contribution in [3.63, 3.8) is 0 Å². The quantitative estimate of drug-likeness (QED) is 0.776. The first-order chi connectivity index (χ1) is 12.2. The molecule has 0 radical (unpaired) electrons. The number of para-hydroxylation sites is 1. The highest BCUT2D eigenvalue weighted by atomic mass is 16.5. The van der Waals surface area contributed by atoms with E-state index in [1.165, 1.54) is 4.57 Å². The average Bonchev–Trinajstić information content (AvgIpc) is 2.65. The summed E-state index contributed by atoms with van der Waals surface area (Å²) < 4.78 is 6.78. The van der Waals surface area contributed by atoms with E-state index in [9.17, 15) is 9.59 Å². The molecule has 2 heterocycles. The zero-order valence-electron chi connectivity index (χ0n) is 14.2. The van der Waals surface area contributed by atoms with Crippen molar-refractivity contribution >= 4 is 16.9 Å². The number of ether oxygens (including phenoxy) is 1. The van der Waals surface area contributed by atoms with E-state index >= 15 is 0 Å². The minimum Gasteiger partial charge on any atom is -0.496 e. The van der Waals surface area contributed by atoms with E-state index in [1.54, 1.807) is 25.4 Å². The number of hydrogen-bond acceptors (Lipinski definition) is 4. The van der Waals surface area contributed by atoms with E-state index < -0.39 is 5.91 Å². The largest absolute Gasteiger partial charge is 0.496 e. The van der Waals surface area contributed by atoms with Crippen LogP contribution in [-0.2, 0) is 13.1 Å². The first-order valence-electron chi connectivity index (χ1n) is 8.04. The van der Waals surface area contributed by atoms with Gasteiger partial charge in [-0.15, -0.1) is 0 Å². The van der Waals surface area contributed by atoms with Crippen LogP contribution in [0.5, 0.6) is 5.75 Å². The van der Waals surface area contributed by atoms with Gasteiger partial charge in [-0.25, -0.2) is 4.98 Å². The molecule has 0 aliphatic heterocycles. The standard InChI is InChI=1S/C19H19N3O3/c1-3-22-17-13(8-6-10-20-17)11-15(19(22)24)18(23)21-12-14-7-4-5-9-16(14)25-2/h4-11H,3,12H2,1-2H3,(H,21,23). The van der Waals surface area contributed by atoms with Crippen LogP contribution in [0.15, 0.2) is 53.5 Å². The van der Waals surface area contributed by atoms with E-state index in [4.69, 9.17) is 4.74 Å². The summed E-state index contributed by atoms with van der Waals surface area (Å²) in [5.41, 5.74) is 1.19. The number of aryl methyl sites for hydroxylation is 1. The number of nitrogens with zero attached hydrogens (tertiary/aromatic N) is 2. The summed E-state index contributed by atoms with van der Waals surface area (Å²) in [7, 11) is 1.58. The summed E-state index contributed by atoms with van der Waals surface area (Å²) >= 11 is 0. The fraction of sp³-hybridized carbons (Fsp3) is 0.211. The van der Waals surface area contributed by atoms with Crippen LogP contribution in [0, 0.1) is 0 Å². The van der Waals surface area contributed by atoms with E-state index in [2.05, 4.69) is 10.3 Å². The molecule has 128 valence electrons. The van der Waals surface area contributed by atoms with E-state index in [0.717, 1.165) is 10.9 Å². The van der Waals surface area contributed by atoms with Crippen LogP contribution >= 0.6 is 0 Å². The van der Waals surface area contributed by atoms with Crippen molar-refractivity contribution in [1.82, 2.24) is 14.9 Å². The zero-order valence-corrected chi connectivity index (χ0v) is 14.2. The fourth-order valence-corrected chi connectivity index (χ4v) is 2.78. The topological polar surface area (TPSA) is 73.2 Å². The average molecular weight is 337 g/mol. The van der Waals surface area contributed by atoms with Gasteiger partial charge in [0, 0.05) is 30.2 Å². The van der Waals surface area contributed by atoms with Crippen molar-refractivity contribution in [2.75, 3.05) is 7.11 Å². The number of fused-ring (bicyclic) bond motifs is 1. The highest BCUT2D eigenvalue weighted by Crippen LogP contribution is 2.17. The van der Waals surface area contributed by atoms with Gasteiger partial charge in [0.15, 0.2) is 0 Å². The third-order valence-electron chi connectivity index (χ3n) is 4.04. The maximum Gasteiger partial charge on any atom is 0.265 e. The van der Waals surface area contributed by atoms with Gasteiger partial charge in [-0.05, 0) is 31.2 Å². The monoisotopic (exact) mass is 337 g/mol. The van der Waals surface area contributed by atoms with Crippen molar-refractivity contribution in [1.29, 1.82) is 0 Å². The van der Waals surface area contributed by atoms with Crippen LogP contribution in [0.4, 0.5) is 0 Å². The van der Waals surface area contributed by atoms with Gasteiger partial charge in [-0.3, -0.25) is 14.2 Å². The third-order valence-corrected chi connectivity index (χ3v) is 4.04. The van der Waals surface area contributed by atoms with Gasteiger partial charge >= 0.3 is 0 Å². The number of aromatic nitrogens is 2. The molecule has 2 aromatic heterocycles. The predicted molar refractivity (Wildman–Crippen MR) is 95.8 cm³/mol. The van der Waals surface area contributed by atoms with Crippen LogP contribution in [0.3, 0.4) is 0 Å². The van der Waals surface area contributed by atoms with Gasteiger partial charge in [0.05, 0.1) is 7.11 Å². The van der Waals surface area contributed by atoms with Gasteiger partial charge < -0.3 is 10.1 Å². The molecule has 0 atom stereocenters. The molecule has 0 saturated heterocycles. The SMILES string of the molecule is CCn1c(=O)c(C(=O)NCc2ccccc2OC)cc2cccnc21. The Morgan fingerprint density at radius 2 is 2.04 bits per heavy atom. The highest BCUT2D eigenvalue weighted by Gasteiger charge is 2.16. The number of carbonyl (C=O) groups is 1. The number of nitrogens with one attached hydrogen (secondary N) is 1. The Kier molecular flexibility index (Phi) is 4.79. The summed E-state index contributed by atoms with van der Waals surface area (Å²) in [5, 5.41) is 3.55. The Morgan fingerprint density at radius 3 is 2.80 bits per heavy atom. The maximum atomic E-state index is 12.6. The molecule has 3 aromatic rings. The molecule has 0 aliphatic carbocycles. The number of amides is 1. The first-order valence-corrected chi connectivity index (χ1v) is 8.04. The number of hydrogen-bond donors (Lipinski definition) is 1. The lowest BCUT2D eigenvalue weighted by Gasteiger charge is -2.12. The Labute approximate surface area is 145 Å². The summed E-state index contributed by atoms with van der Waals surface area (Å²) in [6, 6.07) is 12.6. The fourth-order valence-electron chi connectivity index (χ4n) is 2.78. The molecule has 0 bridgehead atoms. The number of rotatable bonds is 5. The lowest BCUT2D eigenvalue weighted by atomic mass is 10.1. The summed E-state index contributed by atoms with van der Waals surface area (Å²) in [4.78, 5) is 29.4. The molecule has 0 fully saturated rings. The lowest BCUT2D eigenvalue weighted by molar-refractivity contribution is 0.0949. The number of pyridine rings is 2. The van der Waals surface area contributed by atoms with Crippen LogP contribution in [-0.4, -0.2) is 22.6 Å². The van der Waals surface area contributed by atoms with Crippen molar-refractivity contribution in [2.45, 2.75) is 20.0 Å². The molecule has 0 unspecified atom stereocenters. The molecule has 6 heteroatoms. The van der Waals surface area contributed by atoms with E-state index in [-0.39, 0.29) is 17.7 Å². The maximum absolute atomic E-state index is 12.6. The minimum atomic E-state index is -0.413. The summed E-state index contributed by atoms with van der Waals surface area (Å²) in [6.45, 7) is 2.57. The molecule has 0 aliphatic rings. The van der Waals surface area contributed by atoms with E-state index in [0.29, 0.717) is 17.9 Å². The molecule has 1 amide bonds. The van der Waals surface area contributed by atoms with Gasteiger partial charge in [-0.2, -0.15) is 0 Å². The van der Waals surface area contributed by atoms with Crippen LogP contribution in [0.2, 0.25) is 0 Å². The van der Waals surface area contributed by atoms with Crippen molar-refractivity contribution in [3.8, 4) is 5.75 Å². The smallest absolute Gasteiger partial charge is 0.265 e. The first kappa shape index (κ1) is 16.7. The second-order valence-electron chi connectivity index (χ2n) is 5.52. The number of carbonyl (C=O) groups excluding carboxylic acids is 1. The second kappa shape index (κ2) is 7.17. The number of methoxy groups -OCH3 is 1. The van der Waals surface area contributed by atoms with E-state index in [1.807, 2.05) is 37.3 Å². The van der Waals surface area contributed by atoms with Crippen LogP contribution < -0.4 is 15.6 Å². The van der Waals surface area contributed by atoms with Crippen molar-refractivity contribution < 1.29 is 9.53 Å². The molecule has 0 saturated carbocycles. The Morgan fingerprint density at radius 1 is 1.24 bits per heavy atom. The second-order valence-corrected chi connectivity index (χ2v) is 5.52. The summed E-state index contributed by atoms with van der Waals surface area (Å²) in [5.74, 6) is 0.278. The molecule has 1 N–H and O–H groups in total. The molecular formula is C19H19N3O3. The van der Waals surface area contributed by atoms with Gasteiger partial charge in [-0.1, -0.05) is 18.2 Å². The lowest BCUT2D eigenvalue weighted by Crippen LogP contribution is -2.33. The Bertz CT molecular complexity index is 979. The minimum absolute atomic E-state index is 0.109. The van der Waals surface area contributed by atoms with Crippen molar-refractivity contribution in [3.05, 3.63) is 70.1 Å². The molecule has 6 nitrogen and oxygen atoms in total. The third kappa shape index (κ3) is 3.24. The van der Waals surface area contributed by atoms with Crippen molar-refractivity contribution in [2.24, 2.45) is 0 Å².